The molecule has 2 nitrogen and oxygen atoms in total. The Labute approximate surface area is 93.8 Å². The lowest BCUT2D eigenvalue weighted by Gasteiger charge is -2.26. The lowest BCUT2D eigenvalue weighted by molar-refractivity contribution is 0.0780. The molecule has 3 unspecified atom stereocenters. The molecule has 3 atom stereocenters. The van der Waals surface area contributed by atoms with Crippen molar-refractivity contribution in [1.82, 2.24) is 5.32 Å². The number of hydrogen-bond donors (Lipinski definition) is 1. The van der Waals surface area contributed by atoms with Crippen LogP contribution in [0, 0.1) is 5.92 Å². The van der Waals surface area contributed by atoms with Crippen molar-refractivity contribution in [3.8, 4) is 0 Å². The van der Waals surface area contributed by atoms with E-state index in [4.69, 9.17) is 4.74 Å². The summed E-state index contributed by atoms with van der Waals surface area (Å²) in [6.45, 7) is 5.55. The van der Waals surface area contributed by atoms with Crippen molar-refractivity contribution in [2.45, 2.75) is 70.6 Å². The molecule has 2 aliphatic rings. The van der Waals surface area contributed by atoms with Crippen molar-refractivity contribution in [1.29, 1.82) is 0 Å². The van der Waals surface area contributed by atoms with Crippen LogP contribution in [0.25, 0.3) is 0 Å². The minimum atomic E-state index is 0.475. The Morgan fingerprint density at radius 1 is 1.33 bits per heavy atom. The highest BCUT2D eigenvalue weighted by atomic mass is 16.5. The third kappa shape index (κ3) is 3.18. The Morgan fingerprint density at radius 3 is 2.67 bits per heavy atom. The zero-order valence-corrected chi connectivity index (χ0v) is 10.2. The number of hydrogen-bond acceptors (Lipinski definition) is 2. The molecule has 88 valence electrons. The molecule has 0 aromatic carbocycles. The summed E-state index contributed by atoms with van der Waals surface area (Å²) in [5.74, 6) is 0.966. The Hall–Kier alpha value is -0.0800. The molecule has 1 heterocycles. The molecule has 2 heteroatoms. The summed E-state index contributed by atoms with van der Waals surface area (Å²) in [5, 5.41) is 3.80. The van der Waals surface area contributed by atoms with Gasteiger partial charge in [-0.15, -0.1) is 0 Å². The molecule has 15 heavy (non-hydrogen) atoms. The van der Waals surface area contributed by atoms with Crippen LogP contribution in [0.5, 0.6) is 0 Å². The Morgan fingerprint density at radius 2 is 2.13 bits per heavy atom. The predicted molar refractivity (Wildman–Crippen MR) is 63.0 cm³/mol. The van der Waals surface area contributed by atoms with E-state index in [-0.39, 0.29) is 0 Å². The van der Waals surface area contributed by atoms with Crippen LogP contribution >= 0.6 is 0 Å². The first-order chi connectivity index (χ1) is 7.31. The summed E-state index contributed by atoms with van der Waals surface area (Å²) < 4.78 is 5.73. The maximum absolute atomic E-state index is 5.73. The highest BCUT2D eigenvalue weighted by Gasteiger charge is 2.33. The van der Waals surface area contributed by atoms with E-state index in [1.54, 1.807) is 0 Å². The zero-order valence-electron chi connectivity index (χ0n) is 10.2. The fraction of sp³-hybridized carbons (Fsp3) is 1.00. The second-order valence-electron chi connectivity index (χ2n) is 5.24. The first kappa shape index (κ1) is 11.4. The Balaban J connectivity index is 1.76. The van der Waals surface area contributed by atoms with Gasteiger partial charge in [-0.05, 0) is 44.9 Å². The quantitative estimate of drug-likeness (QED) is 0.729. The van der Waals surface area contributed by atoms with E-state index >= 15 is 0 Å². The maximum Gasteiger partial charge on any atom is 0.0726 e. The van der Waals surface area contributed by atoms with Gasteiger partial charge in [0.2, 0.25) is 0 Å². The van der Waals surface area contributed by atoms with Gasteiger partial charge >= 0.3 is 0 Å². The van der Waals surface area contributed by atoms with Gasteiger partial charge in [0.1, 0.15) is 0 Å². The summed E-state index contributed by atoms with van der Waals surface area (Å²) >= 11 is 0. The molecule has 1 N–H and O–H groups in total. The second-order valence-corrected chi connectivity index (χ2v) is 5.24. The zero-order chi connectivity index (χ0) is 10.7. The lowest BCUT2D eigenvalue weighted by atomic mass is 10.0. The number of nitrogens with one attached hydrogen (secondary N) is 1. The van der Waals surface area contributed by atoms with E-state index in [1.807, 2.05) is 0 Å². The molecule has 0 amide bonds. The topological polar surface area (TPSA) is 21.3 Å². The van der Waals surface area contributed by atoms with Crippen LogP contribution in [0.2, 0.25) is 0 Å². The summed E-state index contributed by atoms with van der Waals surface area (Å²) in [5.41, 5.74) is 0. The molecule has 1 aliphatic carbocycles. The van der Waals surface area contributed by atoms with Crippen LogP contribution in [-0.2, 0) is 4.74 Å². The molecule has 1 saturated carbocycles. The van der Waals surface area contributed by atoms with Gasteiger partial charge in [0.15, 0.2) is 0 Å². The molecule has 2 rings (SSSR count). The van der Waals surface area contributed by atoms with Gasteiger partial charge in [-0.25, -0.2) is 0 Å². The highest BCUT2D eigenvalue weighted by Crippen LogP contribution is 2.35. The maximum atomic E-state index is 5.73. The predicted octanol–water partition coefficient (Wildman–Crippen LogP) is 2.72. The SMILES string of the molecule is CCCC(NC(C)C1CCCO1)C1CC1. The minimum absolute atomic E-state index is 0.475. The van der Waals surface area contributed by atoms with E-state index in [0.29, 0.717) is 12.1 Å². The fourth-order valence-electron chi connectivity index (χ4n) is 2.71. The standard InChI is InChI=1S/C13H25NO/c1-3-5-12(11-7-8-11)14-10(2)13-6-4-9-15-13/h10-14H,3-9H2,1-2H3. The van der Waals surface area contributed by atoms with Gasteiger partial charge in [0.05, 0.1) is 6.10 Å². The summed E-state index contributed by atoms with van der Waals surface area (Å²) in [6.07, 6.45) is 8.49. The Bertz CT molecular complexity index is 185. The molecule has 0 aromatic heterocycles. The van der Waals surface area contributed by atoms with Crippen LogP contribution in [0.3, 0.4) is 0 Å². The van der Waals surface area contributed by atoms with Gasteiger partial charge in [0.25, 0.3) is 0 Å². The van der Waals surface area contributed by atoms with Crippen LogP contribution in [0.1, 0.15) is 52.4 Å². The van der Waals surface area contributed by atoms with Gasteiger partial charge in [-0.1, -0.05) is 13.3 Å². The smallest absolute Gasteiger partial charge is 0.0726 e. The van der Waals surface area contributed by atoms with E-state index in [0.717, 1.165) is 18.6 Å². The van der Waals surface area contributed by atoms with E-state index in [1.165, 1.54) is 38.5 Å². The van der Waals surface area contributed by atoms with Crippen molar-refractivity contribution < 1.29 is 4.74 Å². The normalized spacial score (nSPS) is 30.4. The molecular weight excluding hydrogens is 186 g/mol. The van der Waals surface area contributed by atoms with Crippen LogP contribution < -0.4 is 5.32 Å². The number of rotatable bonds is 6. The first-order valence-corrected chi connectivity index (χ1v) is 6.69. The third-order valence-corrected chi connectivity index (χ3v) is 3.79. The molecule has 0 aromatic rings. The van der Waals surface area contributed by atoms with Crippen LogP contribution in [0.4, 0.5) is 0 Å². The average Bonchev–Trinajstić information content (AvgIpc) is 2.92. The number of ether oxygens (including phenoxy) is 1. The molecule has 0 radical (unpaired) electrons. The highest BCUT2D eigenvalue weighted by molar-refractivity contribution is 4.89. The average molecular weight is 211 g/mol. The first-order valence-electron chi connectivity index (χ1n) is 6.69. The molecule has 2 fully saturated rings. The van der Waals surface area contributed by atoms with Crippen molar-refractivity contribution in [2.75, 3.05) is 6.61 Å². The monoisotopic (exact) mass is 211 g/mol. The van der Waals surface area contributed by atoms with Crippen LogP contribution in [-0.4, -0.2) is 24.8 Å². The summed E-state index contributed by atoms with van der Waals surface area (Å²) in [4.78, 5) is 0. The third-order valence-electron chi connectivity index (χ3n) is 3.79. The van der Waals surface area contributed by atoms with E-state index in [9.17, 15) is 0 Å². The van der Waals surface area contributed by atoms with E-state index in [2.05, 4.69) is 19.2 Å². The van der Waals surface area contributed by atoms with Gasteiger partial charge in [-0.2, -0.15) is 0 Å². The van der Waals surface area contributed by atoms with Gasteiger partial charge in [-0.3, -0.25) is 0 Å². The lowest BCUT2D eigenvalue weighted by Crippen LogP contribution is -2.44. The second kappa shape index (κ2) is 5.31. The van der Waals surface area contributed by atoms with Crippen LogP contribution in [0.15, 0.2) is 0 Å². The largest absolute Gasteiger partial charge is 0.377 e. The molecular formula is C13H25NO. The summed E-state index contributed by atoms with van der Waals surface area (Å²) in [6, 6.07) is 1.30. The molecule has 0 bridgehead atoms. The van der Waals surface area contributed by atoms with Gasteiger partial charge < -0.3 is 10.1 Å². The molecule has 0 spiro atoms. The van der Waals surface area contributed by atoms with Crippen molar-refractivity contribution in [3.63, 3.8) is 0 Å². The van der Waals surface area contributed by atoms with Crippen molar-refractivity contribution in [2.24, 2.45) is 5.92 Å². The molecule has 1 aliphatic heterocycles. The van der Waals surface area contributed by atoms with Gasteiger partial charge in [0, 0.05) is 18.7 Å². The fourth-order valence-corrected chi connectivity index (χ4v) is 2.71. The van der Waals surface area contributed by atoms with E-state index < -0.39 is 0 Å². The minimum Gasteiger partial charge on any atom is -0.377 e. The van der Waals surface area contributed by atoms with Crippen molar-refractivity contribution in [3.05, 3.63) is 0 Å². The summed E-state index contributed by atoms with van der Waals surface area (Å²) in [7, 11) is 0. The van der Waals surface area contributed by atoms with Crippen molar-refractivity contribution >= 4 is 0 Å². The molecule has 1 saturated heterocycles. The Kier molecular flexibility index (Phi) is 4.04.